The Balaban J connectivity index is 2.15. The molecule has 0 amide bonds. The highest BCUT2D eigenvalue weighted by atomic mass is 15.1. The van der Waals surface area contributed by atoms with Crippen LogP contribution in [0.2, 0.25) is 0 Å². The van der Waals surface area contributed by atoms with E-state index in [0.29, 0.717) is 5.41 Å². The first kappa shape index (κ1) is 15.4. The maximum atomic E-state index is 6.13. The van der Waals surface area contributed by atoms with E-state index in [0.717, 1.165) is 19.0 Å². The van der Waals surface area contributed by atoms with Gasteiger partial charge in [-0.2, -0.15) is 0 Å². The van der Waals surface area contributed by atoms with Crippen LogP contribution in [-0.2, 0) is 0 Å². The van der Waals surface area contributed by atoms with Crippen molar-refractivity contribution in [1.29, 1.82) is 0 Å². The van der Waals surface area contributed by atoms with Crippen LogP contribution in [0.15, 0.2) is 24.3 Å². The fourth-order valence-corrected chi connectivity index (χ4v) is 3.36. The van der Waals surface area contributed by atoms with Gasteiger partial charge in [0.05, 0.1) is 0 Å². The quantitative estimate of drug-likeness (QED) is 0.868. The molecule has 0 radical (unpaired) electrons. The molecule has 1 aliphatic rings. The first-order valence-electron chi connectivity index (χ1n) is 7.99. The monoisotopic (exact) mass is 274 g/mol. The normalized spacial score (nSPS) is 22.4. The molecule has 1 heterocycles. The fourth-order valence-electron chi connectivity index (χ4n) is 3.36. The van der Waals surface area contributed by atoms with Gasteiger partial charge in [-0.05, 0) is 49.1 Å². The summed E-state index contributed by atoms with van der Waals surface area (Å²) in [6.45, 7) is 11.5. The lowest BCUT2D eigenvalue weighted by atomic mass is 9.77. The van der Waals surface area contributed by atoms with Gasteiger partial charge in [0.15, 0.2) is 0 Å². The maximum Gasteiger partial charge on any atom is 0.0414 e. The fraction of sp³-hybridized carbons (Fsp3) is 0.667. The second-order valence-corrected chi connectivity index (χ2v) is 7.33. The highest BCUT2D eigenvalue weighted by Gasteiger charge is 2.27. The molecule has 0 aliphatic carbocycles. The molecule has 2 N–H and O–H groups in total. The SMILES string of the molecule is C[C@@H](N)c1ccccc1N1CCCC(C(C)(C)C)CC1. The minimum Gasteiger partial charge on any atom is -0.371 e. The highest BCUT2D eigenvalue weighted by molar-refractivity contribution is 5.55. The van der Waals surface area contributed by atoms with Crippen LogP contribution in [0.4, 0.5) is 5.69 Å². The topological polar surface area (TPSA) is 29.3 Å². The van der Waals surface area contributed by atoms with Crippen molar-refractivity contribution >= 4 is 5.69 Å². The van der Waals surface area contributed by atoms with E-state index in [1.165, 1.54) is 30.5 Å². The molecule has 1 aromatic carbocycles. The highest BCUT2D eigenvalue weighted by Crippen LogP contribution is 2.36. The predicted molar refractivity (Wildman–Crippen MR) is 88.1 cm³/mol. The lowest BCUT2D eigenvalue weighted by Gasteiger charge is -2.30. The smallest absolute Gasteiger partial charge is 0.0414 e. The van der Waals surface area contributed by atoms with E-state index in [1.807, 2.05) is 0 Å². The van der Waals surface area contributed by atoms with Crippen molar-refractivity contribution in [1.82, 2.24) is 0 Å². The Morgan fingerprint density at radius 1 is 1.15 bits per heavy atom. The van der Waals surface area contributed by atoms with Gasteiger partial charge in [-0.25, -0.2) is 0 Å². The lowest BCUT2D eigenvalue weighted by molar-refractivity contribution is 0.220. The Hall–Kier alpha value is -1.02. The zero-order chi connectivity index (χ0) is 14.8. The molecule has 0 spiro atoms. The molecule has 1 fully saturated rings. The number of rotatable bonds is 2. The molecule has 0 saturated carbocycles. The third-order valence-corrected chi connectivity index (χ3v) is 4.72. The molecule has 0 aromatic heterocycles. The molecule has 20 heavy (non-hydrogen) atoms. The van der Waals surface area contributed by atoms with Crippen LogP contribution in [-0.4, -0.2) is 13.1 Å². The summed E-state index contributed by atoms with van der Waals surface area (Å²) in [5, 5.41) is 0. The van der Waals surface area contributed by atoms with E-state index in [1.54, 1.807) is 0 Å². The number of benzene rings is 1. The Bertz CT molecular complexity index is 431. The van der Waals surface area contributed by atoms with Gasteiger partial charge in [-0.15, -0.1) is 0 Å². The molecular formula is C18H30N2. The molecule has 1 aliphatic heterocycles. The van der Waals surface area contributed by atoms with Crippen molar-refractivity contribution in [2.75, 3.05) is 18.0 Å². The molecule has 2 atom stereocenters. The Morgan fingerprint density at radius 3 is 2.50 bits per heavy atom. The van der Waals surface area contributed by atoms with E-state index in [2.05, 4.69) is 56.9 Å². The molecule has 112 valence electrons. The second kappa shape index (κ2) is 6.17. The van der Waals surface area contributed by atoms with Gasteiger partial charge in [0.25, 0.3) is 0 Å². The van der Waals surface area contributed by atoms with Crippen molar-refractivity contribution in [2.24, 2.45) is 17.1 Å². The minimum absolute atomic E-state index is 0.105. The van der Waals surface area contributed by atoms with E-state index >= 15 is 0 Å². The molecule has 1 unspecified atom stereocenters. The van der Waals surface area contributed by atoms with E-state index in [-0.39, 0.29) is 6.04 Å². The summed E-state index contributed by atoms with van der Waals surface area (Å²) >= 11 is 0. The van der Waals surface area contributed by atoms with Crippen LogP contribution in [0, 0.1) is 11.3 Å². The van der Waals surface area contributed by atoms with Crippen LogP contribution >= 0.6 is 0 Å². The van der Waals surface area contributed by atoms with Gasteiger partial charge in [-0.1, -0.05) is 39.0 Å². The van der Waals surface area contributed by atoms with E-state index in [9.17, 15) is 0 Å². The minimum atomic E-state index is 0.105. The van der Waals surface area contributed by atoms with Crippen molar-refractivity contribution in [2.45, 2.75) is 53.0 Å². The van der Waals surface area contributed by atoms with Gasteiger partial charge >= 0.3 is 0 Å². The first-order chi connectivity index (χ1) is 9.39. The second-order valence-electron chi connectivity index (χ2n) is 7.33. The third kappa shape index (κ3) is 3.54. The van der Waals surface area contributed by atoms with Crippen molar-refractivity contribution in [3.8, 4) is 0 Å². The number of hydrogen-bond donors (Lipinski definition) is 1. The summed E-state index contributed by atoms with van der Waals surface area (Å²) in [5.74, 6) is 0.829. The number of nitrogens with zero attached hydrogens (tertiary/aromatic N) is 1. The van der Waals surface area contributed by atoms with Crippen molar-refractivity contribution in [3.05, 3.63) is 29.8 Å². The summed E-state index contributed by atoms with van der Waals surface area (Å²) in [6, 6.07) is 8.74. The molecule has 0 bridgehead atoms. The zero-order valence-electron chi connectivity index (χ0n) is 13.5. The number of para-hydroxylation sites is 1. The molecular weight excluding hydrogens is 244 g/mol. The third-order valence-electron chi connectivity index (χ3n) is 4.72. The summed E-state index contributed by atoms with van der Waals surface area (Å²) in [7, 11) is 0. The molecule has 1 saturated heterocycles. The maximum absolute atomic E-state index is 6.13. The van der Waals surface area contributed by atoms with Gasteiger partial charge < -0.3 is 10.6 Å². The Morgan fingerprint density at radius 2 is 1.85 bits per heavy atom. The largest absolute Gasteiger partial charge is 0.371 e. The average Bonchev–Trinajstić information content (AvgIpc) is 2.63. The zero-order valence-corrected chi connectivity index (χ0v) is 13.5. The van der Waals surface area contributed by atoms with Crippen LogP contribution in [0.3, 0.4) is 0 Å². The summed E-state index contributed by atoms with van der Waals surface area (Å²) in [6.07, 6.45) is 3.92. The molecule has 1 aromatic rings. The van der Waals surface area contributed by atoms with Crippen LogP contribution in [0.25, 0.3) is 0 Å². The van der Waals surface area contributed by atoms with Crippen LogP contribution in [0.1, 0.15) is 58.6 Å². The van der Waals surface area contributed by atoms with Gasteiger partial charge in [0.1, 0.15) is 0 Å². The van der Waals surface area contributed by atoms with Gasteiger partial charge in [0.2, 0.25) is 0 Å². The van der Waals surface area contributed by atoms with Crippen molar-refractivity contribution in [3.63, 3.8) is 0 Å². The molecule has 2 heteroatoms. The molecule has 2 nitrogen and oxygen atoms in total. The van der Waals surface area contributed by atoms with Gasteiger partial charge in [0, 0.05) is 24.8 Å². The van der Waals surface area contributed by atoms with Gasteiger partial charge in [-0.3, -0.25) is 0 Å². The predicted octanol–water partition coefficient (Wildman–Crippen LogP) is 4.36. The lowest BCUT2D eigenvalue weighted by Crippen LogP contribution is -2.27. The Labute approximate surface area is 124 Å². The molecule has 2 rings (SSSR count). The number of hydrogen-bond acceptors (Lipinski definition) is 2. The van der Waals surface area contributed by atoms with Crippen LogP contribution in [0.5, 0.6) is 0 Å². The number of nitrogens with two attached hydrogens (primary N) is 1. The number of anilines is 1. The van der Waals surface area contributed by atoms with Crippen LogP contribution < -0.4 is 10.6 Å². The van der Waals surface area contributed by atoms with Crippen molar-refractivity contribution < 1.29 is 0 Å². The Kier molecular flexibility index (Phi) is 4.74. The average molecular weight is 274 g/mol. The summed E-state index contributed by atoms with van der Waals surface area (Å²) in [4.78, 5) is 2.55. The summed E-state index contributed by atoms with van der Waals surface area (Å²) in [5.41, 5.74) is 9.18. The summed E-state index contributed by atoms with van der Waals surface area (Å²) < 4.78 is 0. The van der Waals surface area contributed by atoms with E-state index in [4.69, 9.17) is 5.73 Å². The first-order valence-corrected chi connectivity index (χ1v) is 7.99. The standard InChI is InChI=1S/C18H30N2/c1-14(19)16-9-5-6-10-17(16)20-12-7-8-15(11-13-20)18(2,3)4/h5-6,9-10,14-15H,7-8,11-13,19H2,1-4H3/t14-,15?/m1/s1. The van der Waals surface area contributed by atoms with E-state index < -0.39 is 0 Å².